The molecule has 0 amide bonds. The second-order valence-electron chi connectivity index (χ2n) is 5.87. The molecule has 0 bridgehead atoms. The largest absolute Gasteiger partial charge is 1.00 e. The number of phosphoric acid groups is 1. The fourth-order valence-corrected chi connectivity index (χ4v) is 3.09. The van der Waals surface area contributed by atoms with E-state index in [1.807, 2.05) is 0 Å². The van der Waals surface area contributed by atoms with Gasteiger partial charge in [-0.05, 0) is 24.7 Å². The Balaban J connectivity index is -0.000000667. The zero-order valence-electron chi connectivity index (χ0n) is 16.0. The molecular weight excluding hydrogens is 385 g/mol. The first kappa shape index (κ1) is 32.3. The van der Waals surface area contributed by atoms with Crippen molar-refractivity contribution < 1.29 is 48.9 Å². The van der Waals surface area contributed by atoms with Gasteiger partial charge in [-0.25, -0.2) is 0 Å². The van der Waals surface area contributed by atoms with Crippen LogP contribution in [0.15, 0.2) is 0 Å². The molecule has 0 rings (SSSR count). The van der Waals surface area contributed by atoms with Crippen LogP contribution in [0, 0.1) is 11.8 Å². The van der Waals surface area contributed by atoms with Crippen molar-refractivity contribution in [3.63, 3.8) is 0 Å². The SMILES string of the molecule is CCCCC(CC)COP(=O)([O-])OCC(CC)CCCC.O.O.[Zn+]. The molecule has 24 heavy (non-hydrogen) atoms. The summed E-state index contributed by atoms with van der Waals surface area (Å²) in [5, 5.41) is 0. The molecule has 1 radical (unpaired) electrons. The van der Waals surface area contributed by atoms with Gasteiger partial charge in [-0.2, -0.15) is 0 Å². The second kappa shape index (κ2) is 20.0. The van der Waals surface area contributed by atoms with Gasteiger partial charge in [0.1, 0.15) is 0 Å². The number of hydrogen-bond donors (Lipinski definition) is 0. The first-order valence-electron chi connectivity index (χ1n) is 8.59. The van der Waals surface area contributed by atoms with Crippen molar-refractivity contribution in [2.24, 2.45) is 11.8 Å². The van der Waals surface area contributed by atoms with Crippen LogP contribution in [0.25, 0.3) is 0 Å². The molecule has 0 aromatic rings. The van der Waals surface area contributed by atoms with E-state index in [0.717, 1.165) is 51.4 Å². The average Bonchev–Trinajstić information content (AvgIpc) is 2.47. The molecule has 0 aliphatic heterocycles. The number of unbranched alkanes of at least 4 members (excludes halogenated alkanes) is 2. The van der Waals surface area contributed by atoms with Crippen LogP contribution in [-0.2, 0) is 33.1 Å². The topological polar surface area (TPSA) is 122 Å². The number of phosphoric ester groups is 1. The van der Waals surface area contributed by atoms with Crippen molar-refractivity contribution in [2.45, 2.75) is 79.1 Å². The van der Waals surface area contributed by atoms with Crippen LogP contribution >= 0.6 is 7.82 Å². The molecular formula is C16H38O6PZn. The fourth-order valence-electron chi connectivity index (χ4n) is 2.23. The van der Waals surface area contributed by atoms with Crippen molar-refractivity contribution in [1.29, 1.82) is 0 Å². The predicted octanol–water partition coefficient (Wildman–Crippen LogP) is 3.27. The molecule has 0 fully saturated rings. The van der Waals surface area contributed by atoms with Crippen molar-refractivity contribution in [3.05, 3.63) is 0 Å². The minimum Gasteiger partial charge on any atom is -0.756 e. The minimum atomic E-state index is -4.14. The van der Waals surface area contributed by atoms with Crippen LogP contribution in [0.3, 0.4) is 0 Å². The molecule has 0 heterocycles. The van der Waals surface area contributed by atoms with Crippen LogP contribution in [-0.4, -0.2) is 24.2 Å². The summed E-state index contributed by atoms with van der Waals surface area (Å²) in [6.45, 7) is 8.91. The van der Waals surface area contributed by atoms with Gasteiger partial charge in [-0.15, -0.1) is 0 Å². The average molecular weight is 423 g/mol. The van der Waals surface area contributed by atoms with Crippen LogP contribution in [0.1, 0.15) is 79.1 Å². The van der Waals surface area contributed by atoms with Gasteiger partial charge in [0.25, 0.3) is 7.82 Å². The molecule has 4 N–H and O–H groups in total. The summed E-state index contributed by atoms with van der Waals surface area (Å²) in [6.07, 6.45) is 8.38. The van der Waals surface area contributed by atoms with Gasteiger partial charge in [-0.1, -0.05) is 66.2 Å². The Morgan fingerprint density at radius 2 is 1.17 bits per heavy atom. The summed E-state index contributed by atoms with van der Waals surface area (Å²) in [4.78, 5) is 11.8. The molecule has 0 aliphatic carbocycles. The van der Waals surface area contributed by atoms with E-state index < -0.39 is 7.82 Å². The van der Waals surface area contributed by atoms with E-state index in [1.54, 1.807) is 0 Å². The third-order valence-electron chi connectivity index (χ3n) is 4.02. The van der Waals surface area contributed by atoms with Crippen molar-refractivity contribution in [3.8, 4) is 0 Å². The molecule has 0 spiro atoms. The van der Waals surface area contributed by atoms with Gasteiger partial charge in [0, 0.05) is 0 Å². The maximum atomic E-state index is 11.8. The molecule has 145 valence electrons. The second-order valence-corrected chi connectivity index (χ2v) is 7.28. The van der Waals surface area contributed by atoms with E-state index in [-0.39, 0.29) is 43.6 Å². The number of rotatable bonds is 14. The molecule has 0 saturated carbocycles. The number of hydrogen-bond acceptors (Lipinski definition) is 4. The Hall–Kier alpha value is 0.653. The summed E-state index contributed by atoms with van der Waals surface area (Å²) in [5.41, 5.74) is 0. The molecule has 8 heteroatoms. The summed E-state index contributed by atoms with van der Waals surface area (Å²) >= 11 is 0. The molecule has 6 nitrogen and oxygen atoms in total. The Bertz CT molecular complexity index is 270. The summed E-state index contributed by atoms with van der Waals surface area (Å²) in [5.74, 6) is 0.607. The first-order valence-corrected chi connectivity index (χ1v) is 10.0. The molecule has 0 aliphatic rings. The van der Waals surface area contributed by atoms with Crippen LogP contribution < -0.4 is 4.89 Å². The molecule has 0 aromatic heterocycles. The fraction of sp³-hybridized carbons (Fsp3) is 1.00. The third kappa shape index (κ3) is 17.5. The van der Waals surface area contributed by atoms with Crippen molar-refractivity contribution in [2.75, 3.05) is 13.2 Å². The van der Waals surface area contributed by atoms with Crippen LogP contribution in [0.4, 0.5) is 0 Å². The predicted molar refractivity (Wildman–Crippen MR) is 93.4 cm³/mol. The quantitative estimate of drug-likeness (QED) is 0.315. The van der Waals surface area contributed by atoms with Crippen LogP contribution in [0.5, 0.6) is 0 Å². The summed E-state index contributed by atoms with van der Waals surface area (Å²) in [6, 6.07) is 0. The maximum absolute atomic E-state index is 11.8. The molecule has 0 saturated heterocycles. The van der Waals surface area contributed by atoms with Gasteiger partial charge in [-0.3, -0.25) is 4.57 Å². The van der Waals surface area contributed by atoms with E-state index >= 15 is 0 Å². The van der Waals surface area contributed by atoms with E-state index in [2.05, 4.69) is 27.7 Å². The van der Waals surface area contributed by atoms with Gasteiger partial charge in [0.2, 0.25) is 0 Å². The molecule has 2 unspecified atom stereocenters. The molecule has 0 aromatic carbocycles. The van der Waals surface area contributed by atoms with Gasteiger partial charge in [0.15, 0.2) is 0 Å². The Morgan fingerprint density at radius 1 is 0.833 bits per heavy atom. The van der Waals surface area contributed by atoms with Crippen molar-refractivity contribution >= 4 is 7.82 Å². The Kier molecular flexibility index (Phi) is 26.9. The standard InChI is InChI=1S/C16H35O4P.2H2O.Zn/c1-5-9-11-15(7-3)13-19-21(17,18)20-14-16(8-4)12-10-6-2;;;/h15-16H,5-14H2,1-4H3,(H,17,18);2*1H2;/q;;;+1/p-1. The van der Waals surface area contributed by atoms with E-state index in [9.17, 15) is 9.46 Å². The third-order valence-corrected chi connectivity index (χ3v) is 4.95. The van der Waals surface area contributed by atoms with Gasteiger partial charge >= 0.3 is 19.5 Å². The van der Waals surface area contributed by atoms with Gasteiger partial charge in [0.05, 0.1) is 13.2 Å². The summed E-state index contributed by atoms with van der Waals surface area (Å²) < 4.78 is 21.9. The Labute approximate surface area is 161 Å². The Morgan fingerprint density at radius 3 is 1.42 bits per heavy atom. The van der Waals surface area contributed by atoms with E-state index in [0.29, 0.717) is 11.8 Å². The monoisotopic (exact) mass is 421 g/mol. The van der Waals surface area contributed by atoms with E-state index in [4.69, 9.17) is 9.05 Å². The normalized spacial score (nSPS) is 15.2. The van der Waals surface area contributed by atoms with Crippen molar-refractivity contribution in [1.82, 2.24) is 0 Å². The molecule has 2 atom stereocenters. The summed E-state index contributed by atoms with van der Waals surface area (Å²) in [7, 11) is -4.14. The minimum absolute atomic E-state index is 0. The van der Waals surface area contributed by atoms with Gasteiger partial charge < -0.3 is 24.9 Å². The first-order chi connectivity index (χ1) is 9.99. The maximum Gasteiger partial charge on any atom is 1.00 e. The zero-order chi connectivity index (χ0) is 16.1. The van der Waals surface area contributed by atoms with E-state index in [1.165, 1.54) is 0 Å². The van der Waals surface area contributed by atoms with Crippen LogP contribution in [0.2, 0.25) is 0 Å². The zero-order valence-corrected chi connectivity index (χ0v) is 19.9. The smallest absolute Gasteiger partial charge is 0.756 e.